The van der Waals surface area contributed by atoms with Crippen molar-refractivity contribution in [2.45, 2.75) is 12.6 Å². The number of nitrogen functional groups attached to an aromatic ring is 1. The third-order valence-electron chi connectivity index (χ3n) is 2.90. The number of carbonyl (C=O) groups excluding carboxylic acids is 1. The summed E-state index contributed by atoms with van der Waals surface area (Å²) in [6.45, 7) is 2.52. The smallest absolute Gasteiger partial charge is 0.266 e. The summed E-state index contributed by atoms with van der Waals surface area (Å²) in [5.74, 6) is 4.68. The van der Waals surface area contributed by atoms with Crippen molar-refractivity contribution in [1.82, 2.24) is 15.3 Å². The zero-order valence-electron chi connectivity index (χ0n) is 10.4. The number of nitrogens with two attached hydrogens (primary N) is 1. The van der Waals surface area contributed by atoms with Crippen LogP contribution in [0.1, 0.15) is 16.1 Å². The van der Waals surface area contributed by atoms with Crippen molar-refractivity contribution in [3.05, 3.63) is 29.6 Å². The minimum absolute atomic E-state index is 0.366. The van der Waals surface area contributed by atoms with E-state index in [9.17, 15) is 4.79 Å². The SMILES string of the molecule is N#CC1CN(Cc2ccc(C(=O)NN)cn2)CCO1. The van der Waals surface area contributed by atoms with Crippen LogP contribution in [0.3, 0.4) is 0 Å². The van der Waals surface area contributed by atoms with Crippen LogP contribution in [0.2, 0.25) is 0 Å². The van der Waals surface area contributed by atoms with Crippen LogP contribution in [0.5, 0.6) is 0 Å². The molecule has 7 heteroatoms. The van der Waals surface area contributed by atoms with E-state index in [4.69, 9.17) is 15.8 Å². The standard InChI is InChI=1S/C12H15N5O2/c13-5-11-8-17(3-4-19-11)7-10-2-1-9(6-15-10)12(18)16-14/h1-2,6,11H,3-4,7-8,14H2,(H,16,18). The number of pyridine rings is 1. The van der Waals surface area contributed by atoms with Gasteiger partial charge in [0, 0.05) is 25.8 Å². The van der Waals surface area contributed by atoms with E-state index in [1.165, 1.54) is 6.20 Å². The fourth-order valence-corrected chi connectivity index (χ4v) is 1.89. The summed E-state index contributed by atoms with van der Waals surface area (Å²) >= 11 is 0. The van der Waals surface area contributed by atoms with Gasteiger partial charge in [-0.25, -0.2) is 5.84 Å². The van der Waals surface area contributed by atoms with Gasteiger partial charge < -0.3 is 4.74 Å². The van der Waals surface area contributed by atoms with Crippen molar-refractivity contribution in [3.63, 3.8) is 0 Å². The molecule has 0 radical (unpaired) electrons. The van der Waals surface area contributed by atoms with Crippen LogP contribution < -0.4 is 11.3 Å². The van der Waals surface area contributed by atoms with Gasteiger partial charge in [-0.15, -0.1) is 0 Å². The number of nitriles is 1. The molecule has 1 atom stereocenters. The number of morpholine rings is 1. The second kappa shape index (κ2) is 6.24. The lowest BCUT2D eigenvalue weighted by Gasteiger charge is -2.29. The molecule has 0 saturated carbocycles. The number of hydrazine groups is 1. The Kier molecular flexibility index (Phi) is 4.41. The molecule has 7 nitrogen and oxygen atoms in total. The van der Waals surface area contributed by atoms with Crippen LogP contribution in [-0.2, 0) is 11.3 Å². The van der Waals surface area contributed by atoms with Crippen LogP contribution in [0.25, 0.3) is 0 Å². The lowest BCUT2D eigenvalue weighted by Crippen LogP contribution is -2.41. The maximum Gasteiger partial charge on any atom is 0.266 e. The molecule has 100 valence electrons. The Bertz CT molecular complexity index is 482. The number of nitrogens with zero attached hydrogens (tertiary/aromatic N) is 3. The highest BCUT2D eigenvalue weighted by molar-refractivity contribution is 5.93. The van der Waals surface area contributed by atoms with E-state index >= 15 is 0 Å². The molecule has 2 rings (SSSR count). The molecule has 1 unspecified atom stereocenters. The lowest BCUT2D eigenvalue weighted by atomic mass is 10.2. The predicted octanol–water partition coefficient (Wildman–Crippen LogP) is -0.591. The number of ether oxygens (including phenoxy) is 1. The predicted molar refractivity (Wildman–Crippen MR) is 66.5 cm³/mol. The maximum absolute atomic E-state index is 11.3. The van der Waals surface area contributed by atoms with E-state index < -0.39 is 0 Å². The van der Waals surface area contributed by atoms with Gasteiger partial charge in [-0.2, -0.15) is 5.26 Å². The zero-order chi connectivity index (χ0) is 13.7. The van der Waals surface area contributed by atoms with E-state index in [1.54, 1.807) is 12.1 Å². The Morgan fingerprint density at radius 2 is 2.53 bits per heavy atom. The first-order valence-corrected chi connectivity index (χ1v) is 5.92. The van der Waals surface area contributed by atoms with Gasteiger partial charge in [-0.1, -0.05) is 0 Å². The monoisotopic (exact) mass is 261 g/mol. The summed E-state index contributed by atoms with van der Waals surface area (Å²) in [5.41, 5.74) is 3.31. The van der Waals surface area contributed by atoms with Crippen molar-refractivity contribution in [1.29, 1.82) is 5.26 Å². The second-order valence-electron chi connectivity index (χ2n) is 4.24. The Hall–Kier alpha value is -2.01. The molecule has 19 heavy (non-hydrogen) atoms. The van der Waals surface area contributed by atoms with Crippen molar-refractivity contribution < 1.29 is 9.53 Å². The van der Waals surface area contributed by atoms with Crippen molar-refractivity contribution in [2.75, 3.05) is 19.7 Å². The van der Waals surface area contributed by atoms with Crippen molar-refractivity contribution in [2.24, 2.45) is 5.84 Å². The minimum atomic E-state index is -0.379. The second-order valence-corrected chi connectivity index (χ2v) is 4.24. The van der Waals surface area contributed by atoms with Gasteiger partial charge in [0.15, 0.2) is 6.10 Å². The maximum atomic E-state index is 11.3. The number of carbonyl (C=O) groups is 1. The average molecular weight is 261 g/mol. The molecule has 1 saturated heterocycles. The lowest BCUT2D eigenvalue weighted by molar-refractivity contribution is -0.00312. The normalized spacial score (nSPS) is 19.7. The number of aromatic nitrogens is 1. The number of hydrogen-bond donors (Lipinski definition) is 2. The largest absolute Gasteiger partial charge is 0.361 e. The van der Waals surface area contributed by atoms with Crippen LogP contribution >= 0.6 is 0 Å². The molecule has 0 aliphatic carbocycles. The van der Waals surface area contributed by atoms with Gasteiger partial charge in [-0.3, -0.25) is 20.1 Å². The summed E-state index contributed by atoms with van der Waals surface area (Å²) in [7, 11) is 0. The highest BCUT2D eigenvalue weighted by Gasteiger charge is 2.20. The highest BCUT2D eigenvalue weighted by Crippen LogP contribution is 2.09. The fraction of sp³-hybridized carbons (Fsp3) is 0.417. The molecule has 1 aromatic heterocycles. The van der Waals surface area contributed by atoms with Gasteiger partial charge in [-0.05, 0) is 12.1 Å². The highest BCUT2D eigenvalue weighted by atomic mass is 16.5. The molecule has 3 N–H and O–H groups in total. The van der Waals surface area contributed by atoms with E-state index in [0.717, 1.165) is 12.2 Å². The number of amides is 1. The first-order chi connectivity index (χ1) is 9.22. The van der Waals surface area contributed by atoms with Gasteiger partial charge >= 0.3 is 0 Å². The molecule has 1 amide bonds. The van der Waals surface area contributed by atoms with Crippen LogP contribution in [0, 0.1) is 11.3 Å². The fourth-order valence-electron chi connectivity index (χ4n) is 1.89. The van der Waals surface area contributed by atoms with E-state index in [2.05, 4.69) is 21.4 Å². The summed E-state index contributed by atoms with van der Waals surface area (Å²) in [6.07, 6.45) is 1.11. The van der Waals surface area contributed by atoms with E-state index in [1.807, 2.05) is 0 Å². The summed E-state index contributed by atoms with van der Waals surface area (Å²) in [5, 5.41) is 8.83. The molecule has 2 heterocycles. The third-order valence-corrected chi connectivity index (χ3v) is 2.90. The molecule has 0 bridgehead atoms. The quantitative estimate of drug-likeness (QED) is 0.428. The minimum Gasteiger partial charge on any atom is -0.361 e. The summed E-state index contributed by atoms with van der Waals surface area (Å²) in [4.78, 5) is 17.6. The van der Waals surface area contributed by atoms with Gasteiger partial charge in [0.05, 0.1) is 23.9 Å². The van der Waals surface area contributed by atoms with Crippen LogP contribution in [-0.4, -0.2) is 41.6 Å². The Morgan fingerprint density at radius 3 is 3.16 bits per heavy atom. The molecule has 1 aliphatic heterocycles. The number of nitrogens with one attached hydrogen (secondary N) is 1. The van der Waals surface area contributed by atoms with E-state index in [-0.39, 0.29) is 12.0 Å². The first-order valence-electron chi connectivity index (χ1n) is 5.92. The topological polar surface area (TPSA) is 104 Å². The third kappa shape index (κ3) is 3.48. The molecular weight excluding hydrogens is 246 g/mol. The summed E-state index contributed by atoms with van der Waals surface area (Å²) in [6, 6.07) is 5.55. The Balaban J connectivity index is 1.96. The van der Waals surface area contributed by atoms with E-state index in [0.29, 0.717) is 25.3 Å². The molecular formula is C12H15N5O2. The summed E-state index contributed by atoms with van der Waals surface area (Å²) < 4.78 is 5.27. The van der Waals surface area contributed by atoms with Crippen LogP contribution in [0.15, 0.2) is 18.3 Å². The zero-order valence-corrected chi connectivity index (χ0v) is 10.4. The van der Waals surface area contributed by atoms with Crippen molar-refractivity contribution >= 4 is 5.91 Å². The van der Waals surface area contributed by atoms with Crippen molar-refractivity contribution in [3.8, 4) is 6.07 Å². The molecule has 1 fully saturated rings. The average Bonchev–Trinajstić information content (AvgIpc) is 2.47. The van der Waals surface area contributed by atoms with Crippen LogP contribution in [0.4, 0.5) is 0 Å². The van der Waals surface area contributed by atoms with Gasteiger partial charge in [0.25, 0.3) is 5.91 Å². The molecule has 0 spiro atoms. The molecule has 0 aromatic carbocycles. The van der Waals surface area contributed by atoms with Gasteiger partial charge in [0.2, 0.25) is 0 Å². The Morgan fingerprint density at radius 1 is 1.68 bits per heavy atom. The Labute approximate surface area is 110 Å². The van der Waals surface area contributed by atoms with Gasteiger partial charge in [0.1, 0.15) is 0 Å². The molecule has 1 aliphatic rings. The first kappa shape index (κ1) is 13.4. The number of rotatable bonds is 3. The molecule has 1 aromatic rings. The number of hydrogen-bond acceptors (Lipinski definition) is 6.